The van der Waals surface area contributed by atoms with E-state index in [0.29, 0.717) is 5.11 Å². The molecule has 2 atom stereocenters. The van der Waals surface area contributed by atoms with Crippen LogP contribution in [0.25, 0.3) is 0 Å². The van der Waals surface area contributed by atoms with Gasteiger partial charge in [-0.2, -0.15) is 0 Å². The molecular weight excluding hydrogens is 368 g/mol. The van der Waals surface area contributed by atoms with E-state index in [1.54, 1.807) is 14.2 Å². The molecule has 0 aliphatic heterocycles. The molecule has 5 heteroatoms. The first-order chi connectivity index (χ1) is 13.6. The Hall–Kier alpha value is -2.27. The topological polar surface area (TPSA) is 42.5 Å². The lowest BCUT2D eigenvalue weighted by atomic mass is 9.85. The molecule has 2 aromatic rings. The van der Waals surface area contributed by atoms with Gasteiger partial charge in [0, 0.05) is 12.5 Å². The van der Waals surface area contributed by atoms with Crippen molar-refractivity contribution in [1.29, 1.82) is 0 Å². The van der Waals surface area contributed by atoms with Gasteiger partial charge in [-0.25, -0.2) is 0 Å². The zero-order chi connectivity index (χ0) is 20.4. The maximum atomic E-state index is 5.58. The van der Waals surface area contributed by atoms with Gasteiger partial charge in [0.1, 0.15) is 11.5 Å². The molecule has 0 spiro atoms. The Morgan fingerprint density at radius 3 is 1.89 bits per heavy atom. The molecule has 0 aliphatic rings. The number of unbranched alkanes of at least 4 members (excludes halogenated alkanes) is 1. The Balaban J connectivity index is 2.28. The van der Waals surface area contributed by atoms with E-state index in [-0.39, 0.29) is 12.0 Å². The minimum atomic E-state index is 0.0610. The molecule has 2 unspecified atom stereocenters. The average molecular weight is 401 g/mol. The van der Waals surface area contributed by atoms with E-state index in [9.17, 15) is 0 Å². The highest BCUT2D eigenvalue weighted by molar-refractivity contribution is 7.80. The van der Waals surface area contributed by atoms with E-state index in [2.05, 4.69) is 48.7 Å². The van der Waals surface area contributed by atoms with Gasteiger partial charge in [0.05, 0.1) is 20.3 Å². The Kier molecular flexibility index (Phi) is 9.08. The van der Waals surface area contributed by atoms with Gasteiger partial charge >= 0.3 is 0 Å². The van der Waals surface area contributed by atoms with E-state index in [1.165, 1.54) is 11.1 Å². The van der Waals surface area contributed by atoms with Crippen LogP contribution in [0.3, 0.4) is 0 Å². The third kappa shape index (κ3) is 6.13. The zero-order valence-corrected chi connectivity index (χ0v) is 18.1. The summed E-state index contributed by atoms with van der Waals surface area (Å²) in [5.41, 5.74) is 2.44. The number of hydrogen-bond donors (Lipinski definition) is 2. The number of rotatable bonds is 10. The van der Waals surface area contributed by atoms with Crippen molar-refractivity contribution in [1.82, 2.24) is 10.6 Å². The normalized spacial score (nSPS) is 12.7. The Morgan fingerprint density at radius 2 is 1.43 bits per heavy atom. The van der Waals surface area contributed by atoms with Crippen LogP contribution in [0.1, 0.15) is 56.2 Å². The summed E-state index contributed by atoms with van der Waals surface area (Å²) in [7, 11) is 3.37. The number of thiocarbonyl (C=S) groups is 1. The summed E-state index contributed by atoms with van der Waals surface area (Å²) in [5, 5.41) is 7.58. The fourth-order valence-electron chi connectivity index (χ4n) is 3.31. The first-order valence-corrected chi connectivity index (χ1v) is 10.4. The zero-order valence-electron chi connectivity index (χ0n) is 17.3. The monoisotopic (exact) mass is 400 g/mol. The SMILES string of the molecule is CCCCNC(=S)NC(c1ccc(OC)cc1)C(CC)c1ccc(OC)cc1. The summed E-state index contributed by atoms with van der Waals surface area (Å²) in [6, 6.07) is 16.6. The van der Waals surface area contributed by atoms with Gasteiger partial charge < -0.3 is 20.1 Å². The molecule has 4 nitrogen and oxygen atoms in total. The van der Waals surface area contributed by atoms with E-state index in [1.807, 2.05) is 24.3 Å². The molecule has 152 valence electrons. The van der Waals surface area contributed by atoms with Crippen molar-refractivity contribution < 1.29 is 9.47 Å². The number of hydrogen-bond acceptors (Lipinski definition) is 3. The minimum Gasteiger partial charge on any atom is -0.497 e. The lowest BCUT2D eigenvalue weighted by Gasteiger charge is -2.30. The van der Waals surface area contributed by atoms with Crippen molar-refractivity contribution >= 4 is 17.3 Å². The fourth-order valence-corrected chi connectivity index (χ4v) is 3.54. The first kappa shape index (κ1) is 22.0. The van der Waals surface area contributed by atoms with Gasteiger partial charge in [-0.05, 0) is 60.5 Å². The Morgan fingerprint density at radius 1 is 0.893 bits per heavy atom. The molecule has 2 aromatic carbocycles. The van der Waals surface area contributed by atoms with Crippen molar-refractivity contribution in [3.05, 3.63) is 59.7 Å². The van der Waals surface area contributed by atoms with E-state index in [0.717, 1.165) is 37.3 Å². The van der Waals surface area contributed by atoms with Crippen LogP contribution < -0.4 is 20.1 Å². The van der Waals surface area contributed by atoms with E-state index < -0.39 is 0 Å². The predicted molar refractivity (Wildman–Crippen MR) is 120 cm³/mol. The van der Waals surface area contributed by atoms with Crippen molar-refractivity contribution in [2.45, 2.75) is 45.1 Å². The largest absolute Gasteiger partial charge is 0.497 e. The van der Waals surface area contributed by atoms with E-state index >= 15 is 0 Å². The Labute approximate surface area is 174 Å². The standard InChI is InChI=1S/C23H32N2O2S/c1-5-7-16-24-23(28)25-22(18-10-14-20(27-4)15-11-18)21(6-2)17-8-12-19(26-3)13-9-17/h8-15,21-22H,5-7,16H2,1-4H3,(H2,24,25,28). The molecule has 0 bridgehead atoms. The van der Waals surface area contributed by atoms with Crippen LogP contribution in [-0.2, 0) is 0 Å². The summed E-state index contributed by atoms with van der Waals surface area (Å²) in [6.45, 7) is 5.27. The molecule has 0 aliphatic carbocycles. The molecule has 0 fully saturated rings. The van der Waals surface area contributed by atoms with Crippen molar-refractivity contribution in [3.8, 4) is 11.5 Å². The van der Waals surface area contributed by atoms with Gasteiger partial charge in [-0.3, -0.25) is 0 Å². The third-order valence-electron chi connectivity index (χ3n) is 4.96. The summed E-state index contributed by atoms with van der Waals surface area (Å²) in [4.78, 5) is 0. The molecule has 2 N–H and O–H groups in total. The van der Waals surface area contributed by atoms with Crippen LogP contribution >= 0.6 is 12.2 Å². The number of methoxy groups -OCH3 is 2. The van der Waals surface area contributed by atoms with Gasteiger partial charge in [0.2, 0.25) is 0 Å². The molecule has 28 heavy (non-hydrogen) atoms. The quantitative estimate of drug-likeness (QED) is 0.424. The van der Waals surface area contributed by atoms with Gasteiger partial charge in [-0.1, -0.05) is 44.5 Å². The summed E-state index contributed by atoms with van der Waals surface area (Å²) in [6.07, 6.45) is 3.22. The highest BCUT2D eigenvalue weighted by Crippen LogP contribution is 2.35. The average Bonchev–Trinajstić information content (AvgIpc) is 2.74. The third-order valence-corrected chi connectivity index (χ3v) is 5.23. The summed E-state index contributed by atoms with van der Waals surface area (Å²) < 4.78 is 10.6. The second kappa shape index (κ2) is 11.5. The highest BCUT2D eigenvalue weighted by atomic mass is 32.1. The molecule has 0 aromatic heterocycles. The van der Waals surface area contributed by atoms with Gasteiger partial charge in [0.25, 0.3) is 0 Å². The van der Waals surface area contributed by atoms with Crippen LogP contribution in [-0.4, -0.2) is 25.9 Å². The van der Waals surface area contributed by atoms with Crippen LogP contribution in [0.15, 0.2) is 48.5 Å². The van der Waals surface area contributed by atoms with Crippen LogP contribution in [0.5, 0.6) is 11.5 Å². The Bertz CT molecular complexity index is 716. The molecule has 0 saturated heterocycles. The maximum Gasteiger partial charge on any atom is 0.166 e. The van der Waals surface area contributed by atoms with Gasteiger partial charge in [-0.15, -0.1) is 0 Å². The van der Waals surface area contributed by atoms with Crippen molar-refractivity contribution in [2.24, 2.45) is 0 Å². The summed E-state index contributed by atoms with van der Waals surface area (Å²) >= 11 is 5.58. The first-order valence-electron chi connectivity index (χ1n) is 9.95. The fraction of sp³-hybridized carbons (Fsp3) is 0.435. The van der Waals surface area contributed by atoms with E-state index in [4.69, 9.17) is 21.7 Å². The van der Waals surface area contributed by atoms with Crippen LogP contribution in [0.4, 0.5) is 0 Å². The number of benzene rings is 2. The van der Waals surface area contributed by atoms with Crippen LogP contribution in [0, 0.1) is 0 Å². The second-order valence-corrected chi connectivity index (χ2v) is 7.20. The molecule has 0 radical (unpaired) electrons. The molecule has 0 heterocycles. The van der Waals surface area contributed by atoms with Crippen LogP contribution in [0.2, 0.25) is 0 Å². The lowest BCUT2D eigenvalue weighted by molar-refractivity contribution is 0.413. The predicted octanol–water partition coefficient (Wildman–Crippen LogP) is 5.20. The molecule has 0 saturated carbocycles. The molecular formula is C23H32N2O2S. The molecule has 2 rings (SSSR count). The minimum absolute atomic E-state index is 0.0610. The highest BCUT2D eigenvalue weighted by Gasteiger charge is 2.24. The van der Waals surface area contributed by atoms with Gasteiger partial charge in [0.15, 0.2) is 5.11 Å². The maximum absolute atomic E-state index is 5.58. The molecule has 0 amide bonds. The second-order valence-electron chi connectivity index (χ2n) is 6.79. The van der Waals surface area contributed by atoms with Crippen molar-refractivity contribution in [2.75, 3.05) is 20.8 Å². The lowest BCUT2D eigenvalue weighted by Crippen LogP contribution is -2.40. The number of ether oxygens (including phenoxy) is 2. The van der Waals surface area contributed by atoms with Crippen molar-refractivity contribution in [3.63, 3.8) is 0 Å². The smallest absolute Gasteiger partial charge is 0.166 e. The summed E-state index contributed by atoms with van der Waals surface area (Å²) in [5.74, 6) is 1.98. The number of nitrogens with one attached hydrogen (secondary N) is 2.